The van der Waals surface area contributed by atoms with Crippen LogP contribution < -0.4 is 11.1 Å². The molecule has 1 heterocycles. The molecule has 0 spiro atoms. The van der Waals surface area contributed by atoms with E-state index in [4.69, 9.17) is 10.5 Å². The molecule has 0 atom stereocenters. The molecule has 6 heteroatoms. The first-order valence-corrected chi connectivity index (χ1v) is 7.20. The van der Waals surface area contributed by atoms with Gasteiger partial charge in [0.2, 0.25) is 5.91 Å². The normalized spacial score (nSPS) is 14.0. The van der Waals surface area contributed by atoms with Gasteiger partial charge in [-0.15, -0.1) is 0 Å². The Morgan fingerprint density at radius 3 is 2.67 bits per heavy atom. The summed E-state index contributed by atoms with van der Waals surface area (Å²) in [6.07, 6.45) is 2.14. The topological polar surface area (TPSA) is 84.7 Å². The second-order valence-electron chi connectivity index (χ2n) is 4.96. The maximum absolute atomic E-state index is 11.9. The first kappa shape index (κ1) is 15.2. The van der Waals surface area contributed by atoms with E-state index < -0.39 is 5.97 Å². The van der Waals surface area contributed by atoms with Gasteiger partial charge < -0.3 is 20.7 Å². The monoisotopic (exact) mass is 291 g/mol. The number of rotatable bonds is 5. The van der Waals surface area contributed by atoms with E-state index in [0.29, 0.717) is 23.5 Å². The smallest absolute Gasteiger partial charge is 0.338 e. The molecule has 1 amide bonds. The minimum atomic E-state index is -0.399. The number of ether oxygens (including phenoxy) is 1. The first-order valence-electron chi connectivity index (χ1n) is 7.20. The summed E-state index contributed by atoms with van der Waals surface area (Å²) >= 11 is 0. The third-order valence-corrected chi connectivity index (χ3v) is 3.45. The number of amides is 1. The van der Waals surface area contributed by atoms with Crippen molar-refractivity contribution in [2.24, 2.45) is 0 Å². The zero-order valence-electron chi connectivity index (χ0n) is 12.2. The molecule has 2 rings (SSSR count). The van der Waals surface area contributed by atoms with Gasteiger partial charge in [-0.1, -0.05) is 0 Å². The van der Waals surface area contributed by atoms with Crippen LogP contribution in [0.1, 0.15) is 30.1 Å². The Hall–Kier alpha value is -2.24. The van der Waals surface area contributed by atoms with Crippen molar-refractivity contribution in [1.82, 2.24) is 4.90 Å². The number of nitrogens with two attached hydrogens (primary N) is 1. The molecule has 0 bridgehead atoms. The average Bonchev–Trinajstić information content (AvgIpc) is 3.00. The van der Waals surface area contributed by atoms with Crippen LogP contribution in [0.2, 0.25) is 0 Å². The molecule has 1 fully saturated rings. The van der Waals surface area contributed by atoms with Gasteiger partial charge in [-0.05, 0) is 38.0 Å². The second-order valence-corrected chi connectivity index (χ2v) is 4.96. The van der Waals surface area contributed by atoms with Crippen molar-refractivity contribution in [3.63, 3.8) is 0 Å². The Morgan fingerprint density at radius 2 is 2.05 bits per heavy atom. The van der Waals surface area contributed by atoms with Gasteiger partial charge in [-0.3, -0.25) is 4.79 Å². The maximum Gasteiger partial charge on any atom is 0.338 e. The Labute approximate surface area is 124 Å². The predicted octanol–water partition coefficient (Wildman–Crippen LogP) is 1.48. The van der Waals surface area contributed by atoms with Crippen molar-refractivity contribution < 1.29 is 14.3 Å². The van der Waals surface area contributed by atoms with Crippen LogP contribution in [-0.4, -0.2) is 43.0 Å². The number of anilines is 2. The van der Waals surface area contributed by atoms with Crippen molar-refractivity contribution >= 4 is 23.3 Å². The van der Waals surface area contributed by atoms with E-state index in [9.17, 15) is 9.59 Å². The van der Waals surface area contributed by atoms with Crippen LogP contribution in [0.3, 0.4) is 0 Å². The Kier molecular flexibility index (Phi) is 5.03. The van der Waals surface area contributed by atoms with Crippen LogP contribution in [0.25, 0.3) is 0 Å². The zero-order valence-corrected chi connectivity index (χ0v) is 12.2. The molecule has 1 aromatic carbocycles. The molecular weight excluding hydrogens is 270 g/mol. The summed E-state index contributed by atoms with van der Waals surface area (Å²) in [6, 6.07) is 4.89. The first-order chi connectivity index (χ1) is 10.1. The van der Waals surface area contributed by atoms with Crippen LogP contribution in [0.5, 0.6) is 0 Å². The summed E-state index contributed by atoms with van der Waals surface area (Å²) in [4.78, 5) is 25.4. The lowest BCUT2D eigenvalue weighted by Crippen LogP contribution is -2.33. The molecule has 3 N–H and O–H groups in total. The largest absolute Gasteiger partial charge is 0.462 e. The third-order valence-electron chi connectivity index (χ3n) is 3.45. The number of benzene rings is 1. The number of carbonyl (C=O) groups excluding carboxylic acids is 2. The number of hydrogen-bond donors (Lipinski definition) is 2. The van der Waals surface area contributed by atoms with E-state index in [1.807, 2.05) is 4.90 Å². The van der Waals surface area contributed by atoms with E-state index >= 15 is 0 Å². The highest BCUT2D eigenvalue weighted by atomic mass is 16.5. The summed E-state index contributed by atoms with van der Waals surface area (Å²) in [7, 11) is 0. The Bertz CT molecular complexity index is 525. The van der Waals surface area contributed by atoms with Crippen molar-refractivity contribution in [2.45, 2.75) is 19.8 Å². The van der Waals surface area contributed by atoms with Gasteiger partial charge in [0.15, 0.2) is 0 Å². The molecule has 0 unspecified atom stereocenters. The molecule has 1 aromatic rings. The summed E-state index contributed by atoms with van der Waals surface area (Å²) < 4.78 is 4.91. The molecule has 1 aliphatic heterocycles. The van der Waals surface area contributed by atoms with Gasteiger partial charge in [0.25, 0.3) is 0 Å². The molecule has 0 radical (unpaired) electrons. The number of esters is 1. The highest BCUT2D eigenvalue weighted by molar-refractivity contribution is 5.92. The fourth-order valence-corrected chi connectivity index (χ4v) is 2.31. The second kappa shape index (κ2) is 6.97. The Morgan fingerprint density at radius 1 is 1.33 bits per heavy atom. The van der Waals surface area contributed by atoms with Crippen LogP contribution >= 0.6 is 0 Å². The fourth-order valence-electron chi connectivity index (χ4n) is 2.31. The van der Waals surface area contributed by atoms with Crippen molar-refractivity contribution in [3.8, 4) is 0 Å². The molecule has 0 aliphatic carbocycles. The van der Waals surface area contributed by atoms with Crippen LogP contribution in [0, 0.1) is 0 Å². The van der Waals surface area contributed by atoms with E-state index in [0.717, 1.165) is 25.9 Å². The molecule has 114 valence electrons. The number of carbonyl (C=O) groups is 2. The van der Waals surface area contributed by atoms with Crippen molar-refractivity contribution in [3.05, 3.63) is 23.8 Å². The highest BCUT2D eigenvalue weighted by Gasteiger charge is 2.17. The minimum absolute atomic E-state index is 0.0707. The number of hydrogen-bond acceptors (Lipinski definition) is 5. The van der Waals surface area contributed by atoms with Gasteiger partial charge in [-0.2, -0.15) is 0 Å². The molecule has 0 saturated carbocycles. The molecule has 1 aliphatic rings. The third kappa shape index (κ3) is 3.87. The summed E-state index contributed by atoms with van der Waals surface area (Å²) in [5, 5.41) is 3.02. The number of likely N-dealkylation sites (tertiary alicyclic amines) is 1. The molecule has 0 aromatic heterocycles. The summed E-state index contributed by atoms with van der Waals surface area (Å²) in [5.74, 6) is -0.328. The molecule has 6 nitrogen and oxygen atoms in total. The molecule has 21 heavy (non-hydrogen) atoms. The van der Waals surface area contributed by atoms with Gasteiger partial charge in [-0.25, -0.2) is 4.79 Å². The maximum atomic E-state index is 11.9. The van der Waals surface area contributed by atoms with Crippen LogP contribution in [0.15, 0.2) is 18.2 Å². The number of nitrogens with one attached hydrogen (secondary N) is 1. The number of nitrogens with zero attached hydrogens (tertiary/aromatic N) is 1. The van der Waals surface area contributed by atoms with Crippen LogP contribution in [-0.2, 0) is 9.53 Å². The lowest BCUT2D eigenvalue weighted by atomic mass is 10.1. The fraction of sp³-hybridized carbons (Fsp3) is 0.467. The van der Waals surface area contributed by atoms with Gasteiger partial charge in [0.1, 0.15) is 0 Å². The molecule has 1 saturated heterocycles. The SMILES string of the molecule is CCOC(=O)c1ccc(NCC(=O)N2CCCC2)c(N)c1. The standard InChI is InChI=1S/C15H21N3O3/c1-2-21-15(20)11-5-6-13(12(16)9-11)17-10-14(19)18-7-3-4-8-18/h5-6,9,17H,2-4,7-8,10,16H2,1H3. The predicted molar refractivity (Wildman–Crippen MR) is 81.1 cm³/mol. The van der Waals surface area contributed by atoms with E-state index in [1.165, 1.54) is 0 Å². The minimum Gasteiger partial charge on any atom is -0.462 e. The van der Waals surface area contributed by atoms with Crippen molar-refractivity contribution in [2.75, 3.05) is 37.3 Å². The average molecular weight is 291 g/mol. The van der Waals surface area contributed by atoms with E-state index in [2.05, 4.69) is 5.32 Å². The lowest BCUT2D eigenvalue weighted by Gasteiger charge is -2.16. The van der Waals surface area contributed by atoms with Gasteiger partial charge in [0.05, 0.1) is 30.1 Å². The zero-order chi connectivity index (χ0) is 15.2. The van der Waals surface area contributed by atoms with Crippen LogP contribution in [0.4, 0.5) is 11.4 Å². The highest BCUT2D eigenvalue weighted by Crippen LogP contribution is 2.20. The van der Waals surface area contributed by atoms with E-state index in [-0.39, 0.29) is 12.5 Å². The van der Waals surface area contributed by atoms with Gasteiger partial charge in [0, 0.05) is 13.1 Å². The van der Waals surface area contributed by atoms with E-state index in [1.54, 1.807) is 25.1 Å². The summed E-state index contributed by atoms with van der Waals surface area (Å²) in [6.45, 7) is 3.95. The Balaban J connectivity index is 1.94. The summed E-state index contributed by atoms with van der Waals surface area (Å²) in [5.41, 5.74) is 7.38. The van der Waals surface area contributed by atoms with Crippen molar-refractivity contribution in [1.29, 1.82) is 0 Å². The van der Waals surface area contributed by atoms with Gasteiger partial charge >= 0.3 is 5.97 Å². The molecular formula is C15H21N3O3. The quantitative estimate of drug-likeness (QED) is 0.634. The lowest BCUT2D eigenvalue weighted by molar-refractivity contribution is -0.128. The number of nitrogen functional groups attached to an aromatic ring is 1.